The maximum absolute atomic E-state index is 5.25. The van der Waals surface area contributed by atoms with Crippen molar-refractivity contribution in [3.63, 3.8) is 0 Å². The molecule has 1 unspecified atom stereocenters. The highest BCUT2D eigenvalue weighted by atomic mass is 32.1. The van der Waals surface area contributed by atoms with Crippen molar-refractivity contribution in [2.75, 3.05) is 19.8 Å². The minimum atomic E-state index is 0.328. The Bertz CT molecular complexity index is 262. The summed E-state index contributed by atoms with van der Waals surface area (Å²) in [5, 5.41) is 6.60. The first kappa shape index (κ1) is 11.6. The topological polar surface area (TPSA) is 34.1 Å². The predicted octanol–water partition coefficient (Wildman–Crippen LogP) is 2.14. The van der Waals surface area contributed by atoms with Crippen molar-refractivity contribution in [2.45, 2.75) is 26.8 Å². The van der Waals surface area contributed by atoms with Crippen LogP contribution in [0.4, 0.5) is 0 Å². The number of ether oxygens (including phenoxy) is 1. The second-order valence-corrected chi connectivity index (χ2v) is 4.09. The molecule has 0 radical (unpaired) electrons. The van der Waals surface area contributed by atoms with E-state index in [0.717, 1.165) is 30.5 Å². The predicted molar refractivity (Wildman–Crippen MR) is 59.8 cm³/mol. The fraction of sp³-hybridized carbons (Fsp3) is 0.700. The van der Waals surface area contributed by atoms with E-state index >= 15 is 0 Å². The number of aryl methyl sites for hydroxylation is 1. The molecule has 4 heteroatoms. The molecular formula is C10H18N2OS. The van der Waals surface area contributed by atoms with E-state index in [1.54, 1.807) is 11.3 Å². The summed E-state index contributed by atoms with van der Waals surface area (Å²) < 4.78 is 5.25. The molecule has 0 saturated carbocycles. The second-order valence-electron chi connectivity index (χ2n) is 3.20. The quantitative estimate of drug-likeness (QED) is 0.737. The van der Waals surface area contributed by atoms with Crippen LogP contribution < -0.4 is 5.32 Å². The third kappa shape index (κ3) is 3.74. The van der Waals surface area contributed by atoms with Gasteiger partial charge in [0, 0.05) is 24.2 Å². The number of nitrogens with zero attached hydrogens (tertiary/aromatic N) is 1. The summed E-state index contributed by atoms with van der Waals surface area (Å²) >= 11 is 1.71. The first-order valence-corrected chi connectivity index (χ1v) is 5.85. The van der Waals surface area contributed by atoms with Gasteiger partial charge in [-0.2, -0.15) is 0 Å². The fourth-order valence-electron chi connectivity index (χ4n) is 1.15. The highest BCUT2D eigenvalue weighted by molar-refractivity contribution is 7.09. The molecule has 1 rings (SSSR count). The summed E-state index contributed by atoms with van der Waals surface area (Å²) in [5.41, 5.74) is 1.10. The summed E-state index contributed by atoms with van der Waals surface area (Å²) in [6.45, 7) is 8.59. The molecule has 0 spiro atoms. The maximum atomic E-state index is 5.25. The monoisotopic (exact) mass is 214 g/mol. The average molecular weight is 214 g/mol. The van der Waals surface area contributed by atoms with Crippen LogP contribution in [0, 0.1) is 6.92 Å². The molecule has 0 aliphatic rings. The molecule has 1 N–H and O–H groups in total. The fourth-order valence-corrected chi connectivity index (χ4v) is 1.98. The molecule has 80 valence electrons. The van der Waals surface area contributed by atoms with Crippen molar-refractivity contribution in [2.24, 2.45) is 0 Å². The minimum absolute atomic E-state index is 0.328. The molecule has 0 aliphatic heterocycles. The molecule has 14 heavy (non-hydrogen) atoms. The van der Waals surface area contributed by atoms with E-state index in [1.165, 1.54) is 0 Å². The second kappa shape index (κ2) is 6.11. The van der Waals surface area contributed by atoms with Gasteiger partial charge < -0.3 is 10.1 Å². The zero-order chi connectivity index (χ0) is 10.4. The van der Waals surface area contributed by atoms with Crippen molar-refractivity contribution in [3.8, 4) is 0 Å². The van der Waals surface area contributed by atoms with Gasteiger partial charge in [0.1, 0.15) is 5.01 Å². The van der Waals surface area contributed by atoms with Gasteiger partial charge in [-0.25, -0.2) is 4.98 Å². The first-order valence-electron chi connectivity index (χ1n) is 4.97. The van der Waals surface area contributed by atoms with Crippen LogP contribution in [0.3, 0.4) is 0 Å². The van der Waals surface area contributed by atoms with Crippen molar-refractivity contribution in [3.05, 3.63) is 16.1 Å². The van der Waals surface area contributed by atoms with Crippen LogP contribution >= 0.6 is 11.3 Å². The zero-order valence-corrected chi connectivity index (χ0v) is 9.86. The normalized spacial score (nSPS) is 13.1. The van der Waals surface area contributed by atoms with Crippen LogP contribution in [-0.4, -0.2) is 24.7 Å². The maximum Gasteiger partial charge on any atom is 0.110 e. The Kier molecular flexibility index (Phi) is 5.07. The van der Waals surface area contributed by atoms with E-state index in [-0.39, 0.29) is 0 Å². The number of nitrogens with one attached hydrogen (secondary N) is 1. The van der Waals surface area contributed by atoms with Crippen LogP contribution in [0.25, 0.3) is 0 Å². The zero-order valence-electron chi connectivity index (χ0n) is 9.04. The van der Waals surface area contributed by atoms with E-state index in [0.29, 0.717) is 6.04 Å². The van der Waals surface area contributed by atoms with E-state index in [2.05, 4.69) is 22.6 Å². The van der Waals surface area contributed by atoms with Crippen LogP contribution in [0.15, 0.2) is 5.38 Å². The van der Waals surface area contributed by atoms with Crippen LogP contribution in [0.2, 0.25) is 0 Å². The molecule has 3 nitrogen and oxygen atoms in total. The summed E-state index contributed by atoms with van der Waals surface area (Å²) in [4.78, 5) is 4.42. The Balaban J connectivity index is 2.25. The lowest BCUT2D eigenvalue weighted by Gasteiger charge is -2.10. The van der Waals surface area contributed by atoms with Crippen molar-refractivity contribution in [1.29, 1.82) is 0 Å². The first-order chi connectivity index (χ1) is 6.74. The molecule has 1 heterocycles. The molecular weight excluding hydrogens is 196 g/mol. The Morgan fingerprint density at radius 2 is 2.43 bits per heavy atom. The summed E-state index contributed by atoms with van der Waals surface area (Å²) in [6.07, 6.45) is 0. The van der Waals surface area contributed by atoms with Gasteiger partial charge in [0.05, 0.1) is 12.6 Å². The Hall–Kier alpha value is -0.450. The van der Waals surface area contributed by atoms with Gasteiger partial charge in [-0.1, -0.05) is 0 Å². The average Bonchev–Trinajstić information content (AvgIpc) is 2.59. The number of thiazole rings is 1. The van der Waals surface area contributed by atoms with E-state index in [9.17, 15) is 0 Å². The smallest absolute Gasteiger partial charge is 0.110 e. The standard InChI is InChI=1S/C10H18N2OS/c1-4-13-6-5-11-9(3)10-12-8(2)7-14-10/h7,9,11H,4-6H2,1-3H3. The Labute approximate surface area is 89.5 Å². The van der Waals surface area contributed by atoms with E-state index < -0.39 is 0 Å². The van der Waals surface area contributed by atoms with Crippen LogP contribution in [-0.2, 0) is 4.74 Å². The summed E-state index contributed by atoms with van der Waals surface area (Å²) in [7, 11) is 0. The van der Waals surface area contributed by atoms with Crippen molar-refractivity contribution >= 4 is 11.3 Å². The lowest BCUT2D eigenvalue weighted by atomic mass is 10.3. The highest BCUT2D eigenvalue weighted by Gasteiger charge is 2.07. The SMILES string of the molecule is CCOCCNC(C)c1nc(C)cs1. The highest BCUT2D eigenvalue weighted by Crippen LogP contribution is 2.16. The molecule has 0 fully saturated rings. The van der Waals surface area contributed by atoms with Gasteiger partial charge in [-0.3, -0.25) is 0 Å². The van der Waals surface area contributed by atoms with Gasteiger partial charge in [-0.05, 0) is 20.8 Å². The van der Waals surface area contributed by atoms with Gasteiger partial charge >= 0.3 is 0 Å². The third-order valence-corrected chi connectivity index (χ3v) is 3.05. The van der Waals surface area contributed by atoms with Gasteiger partial charge in [0.2, 0.25) is 0 Å². The molecule has 0 aromatic carbocycles. The van der Waals surface area contributed by atoms with Crippen molar-refractivity contribution < 1.29 is 4.74 Å². The lowest BCUT2D eigenvalue weighted by Crippen LogP contribution is -2.23. The third-order valence-electron chi connectivity index (χ3n) is 1.91. The van der Waals surface area contributed by atoms with E-state index in [4.69, 9.17) is 4.74 Å². The number of aromatic nitrogens is 1. The molecule has 0 saturated heterocycles. The molecule has 0 aliphatic carbocycles. The largest absolute Gasteiger partial charge is 0.380 e. The lowest BCUT2D eigenvalue weighted by molar-refractivity contribution is 0.147. The number of hydrogen-bond acceptors (Lipinski definition) is 4. The number of rotatable bonds is 6. The Morgan fingerprint density at radius 3 is 3.00 bits per heavy atom. The molecule has 0 bridgehead atoms. The van der Waals surface area contributed by atoms with Gasteiger partial charge in [0.25, 0.3) is 0 Å². The molecule has 1 aromatic heterocycles. The van der Waals surface area contributed by atoms with Crippen LogP contribution in [0.5, 0.6) is 0 Å². The van der Waals surface area contributed by atoms with Gasteiger partial charge in [-0.15, -0.1) is 11.3 Å². The van der Waals surface area contributed by atoms with Crippen molar-refractivity contribution in [1.82, 2.24) is 10.3 Å². The minimum Gasteiger partial charge on any atom is -0.380 e. The van der Waals surface area contributed by atoms with Crippen LogP contribution in [0.1, 0.15) is 30.6 Å². The molecule has 1 atom stereocenters. The summed E-state index contributed by atoms with van der Waals surface area (Å²) in [5.74, 6) is 0. The summed E-state index contributed by atoms with van der Waals surface area (Å²) in [6, 6.07) is 0.328. The molecule has 1 aromatic rings. The van der Waals surface area contributed by atoms with Gasteiger partial charge in [0.15, 0.2) is 0 Å². The Morgan fingerprint density at radius 1 is 1.64 bits per heavy atom. The number of hydrogen-bond donors (Lipinski definition) is 1. The van der Waals surface area contributed by atoms with E-state index in [1.807, 2.05) is 13.8 Å². The molecule has 0 amide bonds.